The van der Waals surface area contributed by atoms with E-state index in [2.05, 4.69) is 0 Å². The van der Waals surface area contributed by atoms with Gasteiger partial charge in [-0.25, -0.2) is 0 Å². The molecule has 3 rings (SSSR count). The van der Waals surface area contributed by atoms with Gasteiger partial charge in [0.15, 0.2) is 0 Å². The van der Waals surface area contributed by atoms with Gasteiger partial charge in [0.2, 0.25) is 11.8 Å². The Morgan fingerprint density at radius 2 is 1.88 bits per heavy atom. The van der Waals surface area contributed by atoms with E-state index in [0.717, 1.165) is 0 Å². The highest BCUT2D eigenvalue weighted by Crippen LogP contribution is 2.38. The second kappa shape index (κ2) is 6.05. The predicted octanol–water partition coefficient (Wildman–Crippen LogP) is 1.61. The van der Waals surface area contributed by atoms with Gasteiger partial charge >= 0.3 is 12.1 Å². The van der Waals surface area contributed by atoms with Gasteiger partial charge in [0.05, 0.1) is 5.92 Å². The Kier molecular flexibility index (Phi) is 4.18. The zero-order valence-electron chi connectivity index (χ0n) is 13.0. The van der Waals surface area contributed by atoms with E-state index in [1.165, 1.54) is 4.90 Å². The Balaban J connectivity index is 1.78. The highest BCUT2D eigenvalue weighted by Gasteiger charge is 2.44. The monoisotopic (exact) mass is 356 g/mol. The molecule has 2 aliphatic heterocycles. The van der Waals surface area contributed by atoms with Crippen LogP contribution in [0.5, 0.6) is 0 Å². The number of hydrogen-bond donors (Lipinski definition) is 1. The summed E-state index contributed by atoms with van der Waals surface area (Å²) in [5.41, 5.74) is 0.918. The number of carboxylic acids is 1. The number of halogens is 3. The summed E-state index contributed by atoms with van der Waals surface area (Å²) < 4.78 is 37.5. The molecule has 9 heteroatoms. The van der Waals surface area contributed by atoms with Crippen LogP contribution in [0.3, 0.4) is 0 Å². The normalized spacial score (nSPS) is 23.1. The first-order valence-corrected chi connectivity index (χ1v) is 7.65. The second-order valence-electron chi connectivity index (χ2n) is 6.19. The maximum Gasteiger partial charge on any atom is 0.406 e. The number of amides is 2. The molecule has 0 radical (unpaired) electrons. The van der Waals surface area contributed by atoms with Crippen molar-refractivity contribution in [2.24, 2.45) is 5.92 Å². The first kappa shape index (κ1) is 17.2. The molecule has 134 valence electrons. The van der Waals surface area contributed by atoms with Gasteiger partial charge in [0, 0.05) is 25.2 Å². The van der Waals surface area contributed by atoms with Crippen LogP contribution in [-0.2, 0) is 14.4 Å². The van der Waals surface area contributed by atoms with Gasteiger partial charge in [-0.2, -0.15) is 13.2 Å². The van der Waals surface area contributed by atoms with Crippen molar-refractivity contribution in [2.45, 2.75) is 18.5 Å². The van der Waals surface area contributed by atoms with E-state index in [4.69, 9.17) is 0 Å². The number of para-hydroxylation sites is 1. The number of hydrogen-bond acceptors (Lipinski definition) is 3. The lowest BCUT2D eigenvalue weighted by Crippen LogP contribution is -2.39. The Bertz CT molecular complexity index is 734. The number of fused-ring (bicyclic) bond motifs is 1. The molecule has 1 saturated heterocycles. The maximum absolute atomic E-state index is 12.7. The van der Waals surface area contributed by atoms with Crippen molar-refractivity contribution in [2.75, 3.05) is 24.5 Å². The number of anilines is 1. The van der Waals surface area contributed by atoms with Crippen LogP contribution >= 0.6 is 0 Å². The van der Waals surface area contributed by atoms with E-state index in [-0.39, 0.29) is 19.5 Å². The number of carboxylic acid groups (broad SMARTS) is 1. The van der Waals surface area contributed by atoms with Gasteiger partial charge in [-0.05, 0) is 11.6 Å². The predicted molar refractivity (Wildman–Crippen MR) is 79.9 cm³/mol. The smallest absolute Gasteiger partial charge is 0.406 e. The molecule has 0 bridgehead atoms. The van der Waals surface area contributed by atoms with Crippen LogP contribution < -0.4 is 4.90 Å². The Hall–Kier alpha value is -2.58. The highest BCUT2D eigenvalue weighted by atomic mass is 19.4. The summed E-state index contributed by atoms with van der Waals surface area (Å²) in [6, 6.07) is 6.52. The summed E-state index contributed by atoms with van der Waals surface area (Å²) in [6.07, 6.45) is -4.83. The number of alkyl halides is 3. The highest BCUT2D eigenvalue weighted by molar-refractivity contribution is 6.02. The minimum atomic E-state index is -4.53. The molecular formula is C16H15F3N2O4. The third-order valence-electron chi connectivity index (χ3n) is 4.47. The van der Waals surface area contributed by atoms with Crippen LogP contribution in [0, 0.1) is 5.92 Å². The van der Waals surface area contributed by atoms with Crippen LogP contribution in [0.25, 0.3) is 0 Å². The van der Waals surface area contributed by atoms with Crippen LogP contribution in [-0.4, -0.2) is 53.6 Å². The Morgan fingerprint density at radius 1 is 1.20 bits per heavy atom. The van der Waals surface area contributed by atoms with Crippen molar-refractivity contribution in [1.82, 2.24) is 4.90 Å². The summed E-state index contributed by atoms with van der Waals surface area (Å²) in [5, 5.41) is 9.31. The molecule has 6 nitrogen and oxygen atoms in total. The first-order valence-electron chi connectivity index (χ1n) is 7.65. The number of aliphatic carboxylic acids is 1. The molecule has 2 amide bonds. The fourth-order valence-corrected chi connectivity index (χ4v) is 3.35. The molecule has 0 aliphatic carbocycles. The van der Waals surface area contributed by atoms with Gasteiger partial charge in [-0.3, -0.25) is 14.4 Å². The fraction of sp³-hybridized carbons (Fsp3) is 0.438. The summed E-state index contributed by atoms with van der Waals surface area (Å²) >= 11 is 0. The molecule has 1 aromatic carbocycles. The Morgan fingerprint density at radius 3 is 2.52 bits per heavy atom. The van der Waals surface area contributed by atoms with Gasteiger partial charge < -0.3 is 14.9 Å². The van der Waals surface area contributed by atoms with Crippen LogP contribution in [0.4, 0.5) is 18.9 Å². The molecule has 25 heavy (non-hydrogen) atoms. The number of rotatable bonds is 3. The summed E-state index contributed by atoms with van der Waals surface area (Å²) in [6.45, 7) is -1.78. The molecule has 2 atom stereocenters. The van der Waals surface area contributed by atoms with Gasteiger partial charge in [0.1, 0.15) is 12.5 Å². The minimum Gasteiger partial charge on any atom is -0.481 e. The lowest BCUT2D eigenvalue weighted by molar-refractivity contribution is -0.157. The molecule has 2 heterocycles. The summed E-state index contributed by atoms with van der Waals surface area (Å²) in [5.74, 6) is -4.12. The molecule has 1 N–H and O–H groups in total. The third kappa shape index (κ3) is 3.31. The van der Waals surface area contributed by atoms with Crippen LogP contribution in [0.2, 0.25) is 0 Å². The van der Waals surface area contributed by atoms with E-state index in [0.29, 0.717) is 16.2 Å². The number of benzene rings is 1. The third-order valence-corrected chi connectivity index (χ3v) is 4.47. The van der Waals surface area contributed by atoms with Crippen LogP contribution in [0.15, 0.2) is 24.3 Å². The van der Waals surface area contributed by atoms with Crippen molar-refractivity contribution >= 4 is 23.5 Å². The molecule has 2 aliphatic rings. The maximum atomic E-state index is 12.7. The van der Waals surface area contributed by atoms with Crippen molar-refractivity contribution in [3.63, 3.8) is 0 Å². The van der Waals surface area contributed by atoms with Gasteiger partial charge in [0.25, 0.3) is 0 Å². The zero-order chi connectivity index (χ0) is 18.4. The number of carbonyl (C=O) groups excluding carboxylic acids is 2. The van der Waals surface area contributed by atoms with Crippen molar-refractivity contribution in [3.8, 4) is 0 Å². The first-order chi connectivity index (χ1) is 11.7. The molecule has 2 unspecified atom stereocenters. The summed E-state index contributed by atoms with van der Waals surface area (Å²) in [4.78, 5) is 37.7. The quantitative estimate of drug-likeness (QED) is 0.893. The fourth-order valence-electron chi connectivity index (χ4n) is 3.35. The SMILES string of the molecule is O=C(O)C1CN(C(=O)C2CC(=O)N(CC(F)(F)F)C2)c2ccccc21. The van der Waals surface area contributed by atoms with Crippen molar-refractivity contribution in [3.05, 3.63) is 29.8 Å². The summed E-state index contributed by atoms with van der Waals surface area (Å²) in [7, 11) is 0. The lowest BCUT2D eigenvalue weighted by Gasteiger charge is -2.22. The molecule has 1 fully saturated rings. The van der Waals surface area contributed by atoms with E-state index in [1.54, 1.807) is 24.3 Å². The number of carbonyl (C=O) groups is 3. The lowest BCUT2D eigenvalue weighted by atomic mass is 10.0. The number of likely N-dealkylation sites (tertiary alicyclic amines) is 1. The topological polar surface area (TPSA) is 77.9 Å². The number of nitrogens with zero attached hydrogens (tertiary/aromatic N) is 2. The standard InChI is InChI=1S/C16H15F3N2O4/c17-16(18,19)8-20-6-9(5-13(20)22)14(23)21-7-11(15(24)25)10-3-1-2-4-12(10)21/h1-4,9,11H,5-8H2,(H,24,25). The molecule has 0 aromatic heterocycles. The largest absolute Gasteiger partial charge is 0.481 e. The van der Waals surface area contributed by atoms with Crippen LogP contribution in [0.1, 0.15) is 17.9 Å². The average molecular weight is 356 g/mol. The Labute approximate surface area is 140 Å². The van der Waals surface area contributed by atoms with E-state index >= 15 is 0 Å². The second-order valence-corrected chi connectivity index (χ2v) is 6.19. The minimum absolute atomic E-state index is 0.0858. The van der Waals surface area contributed by atoms with Gasteiger partial charge in [-0.15, -0.1) is 0 Å². The van der Waals surface area contributed by atoms with Gasteiger partial charge in [-0.1, -0.05) is 18.2 Å². The molecular weight excluding hydrogens is 341 g/mol. The molecule has 1 aromatic rings. The van der Waals surface area contributed by atoms with E-state index in [1.807, 2.05) is 0 Å². The van der Waals surface area contributed by atoms with Crippen molar-refractivity contribution in [1.29, 1.82) is 0 Å². The molecule has 0 saturated carbocycles. The zero-order valence-corrected chi connectivity index (χ0v) is 13.0. The van der Waals surface area contributed by atoms with Crippen molar-refractivity contribution < 1.29 is 32.7 Å². The molecule has 0 spiro atoms. The average Bonchev–Trinajstić information content (AvgIpc) is 3.07. The van der Waals surface area contributed by atoms with E-state index in [9.17, 15) is 32.7 Å². The van der Waals surface area contributed by atoms with E-state index < -0.39 is 42.3 Å².